The van der Waals surface area contributed by atoms with E-state index in [2.05, 4.69) is 18.6 Å². The van der Waals surface area contributed by atoms with Gasteiger partial charge < -0.3 is 9.47 Å². The fourth-order valence-electron chi connectivity index (χ4n) is 0.677. The van der Waals surface area contributed by atoms with Crippen molar-refractivity contribution in [1.29, 1.82) is 0 Å². The van der Waals surface area contributed by atoms with E-state index < -0.39 is 11.8 Å². The highest BCUT2D eigenvalue weighted by atomic mass is 16.7. The van der Waals surface area contributed by atoms with Crippen molar-refractivity contribution in [2.24, 2.45) is 0 Å². The molecule has 0 radical (unpaired) electrons. The molecule has 0 bridgehead atoms. The second kappa shape index (κ2) is 24.5. The molecule has 0 aliphatic rings. The summed E-state index contributed by atoms with van der Waals surface area (Å²) in [5.41, 5.74) is -0.451. The Morgan fingerprint density at radius 2 is 1.05 bits per heavy atom. The standard InChI is InChI=1S/C6H12O3.C6H6.C3H8.2C2H6/c1-6(2,3)9-5(7)8-4;1-2-4-6-5-3-1;1-3-2;2*1-2/h1-4H3;1-6H;3H2,1-2H3;2*1-2H3. The zero-order chi connectivity index (χ0) is 18.4. The van der Waals surface area contributed by atoms with Gasteiger partial charge in [-0.1, -0.05) is 84.4 Å². The first-order chi connectivity index (χ1) is 10.4. The van der Waals surface area contributed by atoms with E-state index in [1.165, 1.54) is 13.5 Å². The summed E-state index contributed by atoms with van der Waals surface area (Å²) < 4.78 is 8.99. The Bertz CT molecular complexity index is 250. The molecule has 0 amide bonds. The van der Waals surface area contributed by atoms with Gasteiger partial charge in [-0.05, 0) is 20.8 Å². The smallest absolute Gasteiger partial charge is 0.438 e. The lowest BCUT2D eigenvalue weighted by atomic mass is 10.2. The Morgan fingerprint density at radius 3 is 1.14 bits per heavy atom. The first kappa shape index (κ1) is 28.6. The first-order valence-corrected chi connectivity index (χ1v) is 8.14. The maximum absolute atomic E-state index is 10.4. The largest absolute Gasteiger partial charge is 0.508 e. The summed E-state index contributed by atoms with van der Waals surface area (Å²) in [7, 11) is 1.29. The Morgan fingerprint density at radius 1 is 0.818 bits per heavy atom. The molecule has 3 nitrogen and oxygen atoms in total. The third-order valence-electron chi connectivity index (χ3n) is 1.22. The molecule has 0 heterocycles. The van der Waals surface area contributed by atoms with Crippen LogP contribution in [0.15, 0.2) is 36.4 Å². The molecule has 0 N–H and O–H groups in total. The van der Waals surface area contributed by atoms with E-state index in [4.69, 9.17) is 4.74 Å². The second-order valence-corrected chi connectivity index (χ2v) is 4.53. The van der Waals surface area contributed by atoms with Gasteiger partial charge >= 0.3 is 6.16 Å². The molecule has 0 fully saturated rings. The predicted octanol–water partition coefficient (Wildman–Crippen LogP) is 6.72. The van der Waals surface area contributed by atoms with Crippen LogP contribution >= 0.6 is 0 Å². The zero-order valence-corrected chi connectivity index (χ0v) is 16.4. The fourth-order valence-corrected chi connectivity index (χ4v) is 0.677. The summed E-state index contributed by atoms with van der Waals surface area (Å²) in [5.74, 6) is 0. The van der Waals surface area contributed by atoms with Gasteiger partial charge in [0.15, 0.2) is 0 Å². The average molecular weight is 315 g/mol. The molecule has 132 valence electrons. The van der Waals surface area contributed by atoms with Crippen LogP contribution in [0.1, 0.15) is 68.7 Å². The number of hydrogen-bond acceptors (Lipinski definition) is 3. The lowest BCUT2D eigenvalue weighted by molar-refractivity contribution is 0.00341. The normalized spacial score (nSPS) is 7.91. The maximum atomic E-state index is 10.4. The molecular formula is C19H38O3. The molecule has 0 aliphatic carbocycles. The molecule has 0 saturated heterocycles. The van der Waals surface area contributed by atoms with Crippen LogP contribution in [-0.2, 0) is 9.47 Å². The Hall–Kier alpha value is -1.51. The molecule has 0 spiro atoms. The molecule has 0 atom stereocenters. The van der Waals surface area contributed by atoms with E-state index in [0.29, 0.717) is 0 Å². The van der Waals surface area contributed by atoms with Crippen molar-refractivity contribution in [3.8, 4) is 0 Å². The average Bonchev–Trinajstić information content (AvgIpc) is 2.53. The van der Waals surface area contributed by atoms with Gasteiger partial charge in [0.25, 0.3) is 0 Å². The van der Waals surface area contributed by atoms with Crippen molar-refractivity contribution in [1.82, 2.24) is 0 Å². The lowest BCUT2D eigenvalue weighted by Gasteiger charge is -2.17. The van der Waals surface area contributed by atoms with Crippen molar-refractivity contribution in [2.75, 3.05) is 7.11 Å². The minimum atomic E-state index is -0.637. The summed E-state index contributed by atoms with van der Waals surface area (Å²) in [5, 5.41) is 0. The monoisotopic (exact) mass is 314 g/mol. The summed E-state index contributed by atoms with van der Waals surface area (Å²) in [6.45, 7) is 17.6. The van der Waals surface area contributed by atoms with Crippen LogP contribution in [-0.4, -0.2) is 18.9 Å². The fraction of sp³-hybridized carbons (Fsp3) is 0.632. The third kappa shape index (κ3) is 42.8. The predicted molar refractivity (Wildman–Crippen MR) is 98.3 cm³/mol. The van der Waals surface area contributed by atoms with E-state index in [9.17, 15) is 4.79 Å². The van der Waals surface area contributed by atoms with Crippen LogP contribution in [0.4, 0.5) is 4.79 Å². The quantitative estimate of drug-likeness (QED) is 0.498. The van der Waals surface area contributed by atoms with Gasteiger partial charge in [0, 0.05) is 0 Å². The molecule has 1 rings (SSSR count). The van der Waals surface area contributed by atoms with Gasteiger partial charge in [-0.3, -0.25) is 0 Å². The minimum absolute atomic E-state index is 0.451. The lowest BCUT2D eigenvalue weighted by Crippen LogP contribution is -2.23. The van der Waals surface area contributed by atoms with Crippen LogP contribution < -0.4 is 0 Å². The van der Waals surface area contributed by atoms with Crippen molar-refractivity contribution < 1.29 is 14.3 Å². The summed E-state index contributed by atoms with van der Waals surface area (Å²) >= 11 is 0. The van der Waals surface area contributed by atoms with Gasteiger partial charge in [-0.2, -0.15) is 0 Å². The summed E-state index contributed by atoms with van der Waals surface area (Å²) in [4.78, 5) is 10.4. The Kier molecular flexibility index (Phi) is 31.9. The number of methoxy groups -OCH3 is 1. The summed E-state index contributed by atoms with van der Waals surface area (Å²) in [6, 6.07) is 12.0. The second-order valence-electron chi connectivity index (χ2n) is 4.53. The Labute approximate surface area is 139 Å². The van der Waals surface area contributed by atoms with Crippen LogP contribution in [0.25, 0.3) is 0 Å². The van der Waals surface area contributed by atoms with E-state index in [1.807, 2.05) is 64.1 Å². The SMILES string of the molecule is CC.CC.CCC.COC(=O)OC(C)(C)C.c1ccccc1. The van der Waals surface area contributed by atoms with Crippen molar-refractivity contribution in [3.05, 3.63) is 36.4 Å². The maximum Gasteiger partial charge on any atom is 0.508 e. The van der Waals surface area contributed by atoms with Gasteiger partial charge in [-0.25, -0.2) is 4.79 Å². The zero-order valence-electron chi connectivity index (χ0n) is 16.4. The minimum Gasteiger partial charge on any atom is -0.438 e. The molecule has 0 aromatic heterocycles. The topological polar surface area (TPSA) is 35.5 Å². The van der Waals surface area contributed by atoms with Gasteiger partial charge in [0.1, 0.15) is 5.60 Å². The molecule has 0 aliphatic heterocycles. The van der Waals surface area contributed by atoms with Gasteiger partial charge in [0.2, 0.25) is 0 Å². The van der Waals surface area contributed by atoms with E-state index in [1.54, 1.807) is 20.8 Å². The first-order valence-electron chi connectivity index (χ1n) is 8.14. The molecule has 3 heteroatoms. The van der Waals surface area contributed by atoms with Crippen molar-refractivity contribution in [3.63, 3.8) is 0 Å². The Balaban J connectivity index is -0.000000108. The van der Waals surface area contributed by atoms with Crippen LogP contribution in [0.5, 0.6) is 0 Å². The number of carbonyl (C=O) groups is 1. The number of rotatable bonds is 0. The number of benzene rings is 1. The van der Waals surface area contributed by atoms with Crippen molar-refractivity contribution >= 4 is 6.16 Å². The van der Waals surface area contributed by atoms with E-state index in [-0.39, 0.29) is 0 Å². The molecule has 1 aromatic carbocycles. The molecule has 22 heavy (non-hydrogen) atoms. The van der Waals surface area contributed by atoms with E-state index in [0.717, 1.165) is 0 Å². The third-order valence-corrected chi connectivity index (χ3v) is 1.22. The number of ether oxygens (including phenoxy) is 2. The molecule has 0 saturated carbocycles. The number of carbonyl (C=O) groups excluding carboxylic acids is 1. The van der Waals surface area contributed by atoms with Gasteiger partial charge in [0.05, 0.1) is 7.11 Å². The highest BCUT2D eigenvalue weighted by molar-refractivity contribution is 5.60. The molecule has 1 aromatic rings. The molecule has 0 unspecified atom stereocenters. The van der Waals surface area contributed by atoms with E-state index >= 15 is 0 Å². The highest BCUT2D eigenvalue weighted by Gasteiger charge is 2.15. The van der Waals surface area contributed by atoms with Crippen LogP contribution in [0.2, 0.25) is 0 Å². The molecular weight excluding hydrogens is 276 g/mol. The highest BCUT2D eigenvalue weighted by Crippen LogP contribution is 2.06. The van der Waals surface area contributed by atoms with Crippen molar-refractivity contribution in [2.45, 2.75) is 74.3 Å². The van der Waals surface area contributed by atoms with Gasteiger partial charge in [-0.15, -0.1) is 0 Å². The number of hydrogen-bond donors (Lipinski definition) is 0. The summed E-state index contributed by atoms with van der Waals surface area (Å²) in [6.07, 6.45) is 0.613. The van der Waals surface area contributed by atoms with Crippen LogP contribution in [0, 0.1) is 0 Å². The van der Waals surface area contributed by atoms with Crippen LogP contribution in [0.3, 0.4) is 0 Å².